The molecule has 0 saturated heterocycles. The molecule has 2 N–H and O–H groups in total. The number of carboxylic acids is 1. The van der Waals surface area contributed by atoms with Crippen molar-refractivity contribution in [1.29, 1.82) is 0 Å². The predicted molar refractivity (Wildman–Crippen MR) is 68.6 cm³/mol. The van der Waals surface area contributed by atoms with Crippen molar-refractivity contribution in [2.24, 2.45) is 0 Å². The lowest BCUT2D eigenvalue weighted by Crippen LogP contribution is -2.07. The van der Waals surface area contributed by atoms with Crippen molar-refractivity contribution in [3.05, 3.63) is 51.7 Å². The van der Waals surface area contributed by atoms with Gasteiger partial charge in [0.2, 0.25) is 5.89 Å². The van der Waals surface area contributed by atoms with Crippen LogP contribution in [-0.4, -0.2) is 21.0 Å². The van der Waals surface area contributed by atoms with Gasteiger partial charge in [0.1, 0.15) is 5.76 Å². The van der Waals surface area contributed by atoms with Crippen molar-refractivity contribution in [1.82, 2.24) is 4.98 Å². The van der Waals surface area contributed by atoms with E-state index in [4.69, 9.17) is 9.52 Å². The minimum Gasteiger partial charge on any atom is -0.478 e. The fourth-order valence-electron chi connectivity index (χ4n) is 1.63. The molecule has 0 amide bonds. The maximum absolute atomic E-state index is 11.1. The number of nitrogens with one attached hydrogen (secondary N) is 1. The molecular weight excluding hydrogens is 266 g/mol. The van der Waals surface area contributed by atoms with Crippen LogP contribution in [0.15, 0.2) is 28.8 Å². The van der Waals surface area contributed by atoms with Gasteiger partial charge >= 0.3 is 5.97 Å². The van der Waals surface area contributed by atoms with Gasteiger partial charge in [-0.15, -0.1) is 0 Å². The van der Waals surface area contributed by atoms with Crippen LogP contribution in [0.5, 0.6) is 0 Å². The highest BCUT2D eigenvalue weighted by Gasteiger charge is 2.16. The Bertz CT molecular complexity index is 665. The Morgan fingerprint density at radius 2 is 2.30 bits per heavy atom. The quantitative estimate of drug-likeness (QED) is 0.635. The molecule has 0 unspecified atom stereocenters. The van der Waals surface area contributed by atoms with Crippen LogP contribution < -0.4 is 5.32 Å². The number of hydrogen-bond donors (Lipinski definition) is 2. The fraction of sp³-hybridized carbons (Fsp3) is 0.167. The number of aromatic carboxylic acids is 1. The number of aromatic nitrogens is 1. The zero-order valence-electron chi connectivity index (χ0n) is 10.5. The summed E-state index contributed by atoms with van der Waals surface area (Å²) in [6.45, 7) is 1.93. The standard InChI is InChI=1S/C12H11N3O5/c1-7-5-14-11(20-7)6-13-10-3-2-8(15(18)19)4-9(10)12(16)17/h2-5,13H,6H2,1H3,(H,16,17). The number of carbonyl (C=O) groups is 1. The second kappa shape index (κ2) is 5.39. The number of nitro groups is 1. The molecule has 1 aromatic heterocycles. The van der Waals surface area contributed by atoms with E-state index in [1.54, 1.807) is 13.1 Å². The first-order valence-electron chi connectivity index (χ1n) is 5.64. The molecule has 0 aliphatic rings. The number of carboxylic acid groups (broad SMARTS) is 1. The summed E-state index contributed by atoms with van der Waals surface area (Å²) in [6, 6.07) is 3.58. The molecule has 0 bridgehead atoms. The van der Waals surface area contributed by atoms with Gasteiger partial charge in [-0.05, 0) is 13.0 Å². The van der Waals surface area contributed by atoms with Crippen molar-refractivity contribution in [2.45, 2.75) is 13.5 Å². The molecule has 0 atom stereocenters. The molecule has 0 saturated carbocycles. The number of hydrogen-bond acceptors (Lipinski definition) is 6. The summed E-state index contributed by atoms with van der Waals surface area (Å²) in [6.07, 6.45) is 1.55. The van der Waals surface area contributed by atoms with Gasteiger partial charge in [-0.3, -0.25) is 10.1 Å². The summed E-state index contributed by atoms with van der Waals surface area (Å²) in [5, 5.41) is 22.5. The first-order valence-corrected chi connectivity index (χ1v) is 5.64. The Labute approximate surface area is 113 Å². The van der Waals surface area contributed by atoms with Crippen molar-refractivity contribution in [2.75, 3.05) is 5.32 Å². The van der Waals surface area contributed by atoms with Crippen LogP contribution in [0.25, 0.3) is 0 Å². The second-order valence-electron chi connectivity index (χ2n) is 4.01. The third-order valence-corrected chi connectivity index (χ3v) is 2.54. The van der Waals surface area contributed by atoms with Gasteiger partial charge in [-0.1, -0.05) is 0 Å². The highest BCUT2D eigenvalue weighted by atomic mass is 16.6. The van der Waals surface area contributed by atoms with E-state index in [1.165, 1.54) is 12.1 Å². The summed E-state index contributed by atoms with van der Waals surface area (Å²) < 4.78 is 5.24. The van der Waals surface area contributed by atoms with E-state index >= 15 is 0 Å². The van der Waals surface area contributed by atoms with Gasteiger partial charge < -0.3 is 14.8 Å². The van der Waals surface area contributed by atoms with Crippen LogP contribution in [-0.2, 0) is 6.54 Å². The molecule has 2 rings (SSSR count). The number of rotatable bonds is 5. The molecule has 0 aliphatic carbocycles. The largest absolute Gasteiger partial charge is 0.478 e. The first-order chi connectivity index (χ1) is 9.47. The van der Waals surface area contributed by atoms with Crippen LogP contribution >= 0.6 is 0 Å². The van der Waals surface area contributed by atoms with E-state index in [0.717, 1.165) is 6.07 Å². The van der Waals surface area contributed by atoms with E-state index in [-0.39, 0.29) is 23.5 Å². The predicted octanol–water partition coefficient (Wildman–Crippen LogP) is 2.20. The highest BCUT2D eigenvalue weighted by molar-refractivity contribution is 5.95. The van der Waals surface area contributed by atoms with E-state index in [0.29, 0.717) is 11.7 Å². The third kappa shape index (κ3) is 2.91. The molecular formula is C12H11N3O5. The van der Waals surface area contributed by atoms with Gasteiger partial charge in [-0.2, -0.15) is 0 Å². The maximum atomic E-state index is 11.1. The smallest absolute Gasteiger partial charge is 0.338 e. The number of nitro benzene ring substituents is 1. The van der Waals surface area contributed by atoms with Gasteiger partial charge in [0.25, 0.3) is 5.69 Å². The number of nitrogens with zero attached hydrogens (tertiary/aromatic N) is 2. The van der Waals surface area contributed by atoms with Crippen LogP contribution in [0.3, 0.4) is 0 Å². The van der Waals surface area contributed by atoms with Crippen LogP contribution in [0.1, 0.15) is 22.0 Å². The Kier molecular flexibility index (Phi) is 3.65. The van der Waals surface area contributed by atoms with E-state index in [9.17, 15) is 14.9 Å². The minimum absolute atomic E-state index is 0.178. The lowest BCUT2D eigenvalue weighted by atomic mass is 10.1. The number of oxazole rings is 1. The SMILES string of the molecule is Cc1cnc(CNc2ccc([N+](=O)[O-])cc2C(=O)O)o1. The average Bonchev–Trinajstić information content (AvgIpc) is 2.81. The minimum atomic E-state index is -1.25. The van der Waals surface area contributed by atoms with E-state index in [2.05, 4.69) is 10.3 Å². The van der Waals surface area contributed by atoms with Gasteiger partial charge in [0, 0.05) is 17.8 Å². The van der Waals surface area contributed by atoms with Crippen molar-refractivity contribution in [3.63, 3.8) is 0 Å². The molecule has 1 heterocycles. The molecule has 0 radical (unpaired) electrons. The molecule has 0 spiro atoms. The number of aryl methyl sites for hydroxylation is 1. The Balaban J connectivity index is 2.22. The zero-order chi connectivity index (χ0) is 14.7. The zero-order valence-corrected chi connectivity index (χ0v) is 10.5. The molecule has 0 aliphatic heterocycles. The summed E-state index contributed by atoms with van der Waals surface area (Å²) >= 11 is 0. The average molecular weight is 277 g/mol. The summed E-state index contributed by atoms with van der Waals surface area (Å²) in [5.41, 5.74) is -0.193. The van der Waals surface area contributed by atoms with Gasteiger partial charge in [0.15, 0.2) is 0 Å². The molecule has 2 aromatic rings. The maximum Gasteiger partial charge on any atom is 0.338 e. The monoisotopic (exact) mass is 277 g/mol. The lowest BCUT2D eigenvalue weighted by molar-refractivity contribution is -0.384. The van der Waals surface area contributed by atoms with E-state index < -0.39 is 10.9 Å². The Morgan fingerprint density at radius 3 is 2.85 bits per heavy atom. The molecule has 0 fully saturated rings. The Hall–Kier alpha value is -2.90. The third-order valence-electron chi connectivity index (χ3n) is 2.54. The summed E-state index contributed by atoms with van der Waals surface area (Å²) in [4.78, 5) is 25.1. The second-order valence-corrected chi connectivity index (χ2v) is 4.01. The fourth-order valence-corrected chi connectivity index (χ4v) is 1.63. The van der Waals surface area contributed by atoms with Crippen LogP contribution in [0.2, 0.25) is 0 Å². The number of benzene rings is 1. The molecule has 1 aromatic carbocycles. The van der Waals surface area contributed by atoms with Crippen molar-refractivity contribution in [3.8, 4) is 0 Å². The number of non-ortho nitro benzene ring substituents is 1. The normalized spacial score (nSPS) is 10.2. The van der Waals surface area contributed by atoms with Gasteiger partial charge in [-0.25, -0.2) is 9.78 Å². The molecule has 8 nitrogen and oxygen atoms in total. The molecule has 8 heteroatoms. The highest BCUT2D eigenvalue weighted by Crippen LogP contribution is 2.22. The molecule has 104 valence electrons. The van der Waals surface area contributed by atoms with E-state index in [1.807, 2.05) is 0 Å². The Morgan fingerprint density at radius 1 is 1.55 bits per heavy atom. The summed E-state index contributed by atoms with van der Waals surface area (Å²) in [7, 11) is 0. The number of anilines is 1. The van der Waals surface area contributed by atoms with Gasteiger partial charge in [0.05, 0.1) is 23.2 Å². The van der Waals surface area contributed by atoms with Crippen molar-refractivity contribution < 1.29 is 19.2 Å². The summed E-state index contributed by atoms with van der Waals surface area (Å²) in [5.74, 6) is -0.207. The topological polar surface area (TPSA) is 118 Å². The lowest BCUT2D eigenvalue weighted by Gasteiger charge is -2.07. The molecule has 20 heavy (non-hydrogen) atoms. The van der Waals surface area contributed by atoms with Crippen molar-refractivity contribution >= 4 is 17.3 Å². The first kappa shape index (κ1) is 13.5. The van der Waals surface area contributed by atoms with Crippen LogP contribution in [0.4, 0.5) is 11.4 Å². The van der Waals surface area contributed by atoms with Crippen LogP contribution in [0, 0.1) is 17.0 Å².